The van der Waals surface area contributed by atoms with Gasteiger partial charge in [-0.15, -0.1) is 0 Å². The summed E-state index contributed by atoms with van der Waals surface area (Å²) in [6.45, 7) is 8.21. The van der Waals surface area contributed by atoms with Crippen LogP contribution >= 0.6 is 0 Å². The number of hydrogen-bond donors (Lipinski definition) is 2. The SMILES string of the molecule is CCNC(=NCCc1cn2cccc(C)c2n1)NC1CCCC(C)C1. The molecular formula is C20H31N5. The highest BCUT2D eigenvalue weighted by Gasteiger charge is 2.19. The Morgan fingerprint density at radius 2 is 2.28 bits per heavy atom. The second-order valence-corrected chi connectivity index (χ2v) is 7.28. The Bertz CT molecular complexity index is 718. The fourth-order valence-corrected chi connectivity index (χ4v) is 3.69. The number of aromatic nitrogens is 2. The number of nitrogens with zero attached hydrogens (tertiary/aromatic N) is 3. The molecule has 136 valence electrons. The highest BCUT2D eigenvalue weighted by Crippen LogP contribution is 2.23. The molecule has 2 unspecified atom stereocenters. The minimum Gasteiger partial charge on any atom is -0.357 e. The Labute approximate surface area is 151 Å². The van der Waals surface area contributed by atoms with Crippen molar-refractivity contribution in [2.24, 2.45) is 10.9 Å². The van der Waals surface area contributed by atoms with Gasteiger partial charge in [-0.1, -0.05) is 25.8 Å². The van der Waals surface area contributed by atoms with Gasteiger partial charge in [-0.3, -0.25) is 4.99 Å². The molecule has 0 bridgehead atoms. The highest BCUT2D eigenvalue weighted by molar-refractivity contribution is 5.80. The molecule has 5 nitrogen and oxygen atoms in total. The lowest BCUT2D eigenvalue weighted by Gasteiger charge is -2.28. The minimum atomic E-state index is 0.555. The van der Waals surface area contributed by atoms with Gasteiger partial charge in [-0.2, -0.15) is 0 Å². The maximum atomic E-state index is 4.77. The zero-order valence-corrected chi connectivity index (χ0v) is 15.8. The summed E-state index contributed by atoms with van der Waals surface area (Å²) in [5.74, 6) is 1.76. The molecule has 25 heavy (non-hydrogen) atoms. The third-order valence-electron chi connectivity index (χ3n) is 4.99. The van der Waals surface area contributed by atoms with E-state index >= 15 is 0 Å². The summed E-state index contributed by atoms with van der Waals surface area (Å²) in [5, 5.41) is 7.00. The normalized spacial score (nSPS) is 21.5. The lowest BCUT2D eigenvalue weighted by Crippen LogP contribution is -2.45. The number of fused-ring (bicyclic) bond motifs is 1. The molecule has 5 heteroatoms. The van der Waals surface area contributed by atoms with Gasteiger partial charge in [0.15, 0.2) is 5.96 Å². The van der Waals surface area contributed by atoms with Gasteiger partial charge < -0.3 is 15.0 Å². The van der Waals surface area contributed by atoms with Gasteiger partial charge in [-0.25, -0.2) is 4.98 Å². The van der Waals surface area contributed by atoms with Crippen LogP contribution in [0, 0.1) is 12.8 Å². The maximum absolute atomic E-state index is 4.77. The Morgan fingerprint density at radius 1 is 1.40 bits per heavy atom. The van der Waals surface area contributed by atoms with Crippen LogP contribution in [0.5, 0.6) is 0 Å². The molecule has 1 fully saturated rings. The second-order valence-electron chi connectivity index (χ2n) is 7.28. The van der Waals surface area contributed by atoms with Crippen LogP contribution in [0.25, 0.3) is 5.65 Å². The number of imidazole rings is 1. The molecule has 0 saturated heterocycles. The first-order chi connectivity index (χ1) is 12.2. The van der Waals surface area contributed by atoms with Crippen molar-refractivity contribution in [1.29, 1.82) is 0 Å². The molecule has 0 aliphatic heterocycles. The number of nitrogens with one attached hydrogen (secondary N) is 2. The third-order valence-corrected chi connectivity index (χ3v) is 4.99. The van der Waals surface area contributed by atoms with Crippen LogP contribution in [0.2, 0.25) is 0 Å². The average Bonchev–Trinajstić information content (AvgIpc) is 2.99. The first-order valence-electron chi connectivity index (χ1n) is 9.63. The molecule has 1 saturated carbocycles. The van der Waals surface area contributed by atoms with Crippen molar-refractivity contribution >= 4 is 11.6 Å². The Kier molecular flexibility index (Phi) is 5.95. The molecular weight excluding hydrogens is 310 g/mol. The van der Waals surface area contributed by atoms with Crippen LogP contribution in [-0.2, 0) is 6.42 Å². The number of rotatable bonds is 5. The van der Waals surface area contributed by atoms with Gasteiger partial charge in [0.1, 0.15) is 5.65 Å². The first-order valence-corrected chi connectivity index (χ1v) is 9.63. The molecule has 2 heterocycles. The fourth-order valence-electron chi connectivity index (χ4n) is 3.69. The van der Waals surface area contributed by atoms with Crippen molar-refractivity contribution < 1.29 is 0 Å². The lowest BCUT2D eigenvalue weighted by molar-refractivity contribution is 0.324. The topological polar surface area (TPSA) is 53.7 Å². The van der Waals surface area contributed by atoms with Crippen molar-refractivity contribution in [2.75, 3.05) is 13.1 Å². The van der Waals surface area contributed by atoms with E-state index < -0.39 is 0 Å². The molecule has 0 spiro atoms. The Hall–Kier alpha value is -2.04. The summed E-state index contributed by atoms with van der Waals surface area (Å²) in [5.41, 5.74) is 3.35. The van der Waals surface area contributed by atoms with Gasteiger partial charge in [0.25, 0.3) is 0 Å². The van der Waals surface area contributed by atoms with E-state index in [2.05, 4.69) is 60.3 Å². The molecule has 0 aromatic carbocycles. The van der Waals surface area contributed by atoms with Crippen LogP contribution in [0.1, 0.15) is 50.8 Å². The molecule has 0 amide bonds. The maximum Gasteiger partial charge on any atom is 0.191 e. The predicted octanol–water partition coefficient (Wildman–Crippen LogP) is 3.32. The van der Waals surface area contributed by atoms with E-state index in [1.807, 2.05) is 0 Å². The standard InChI is InChI=1S/C20H31N5/c1-4-21-20(24-17-9-5-7-15(2)13-17)22-11-10-18-14-25-12-6-8-16(3)19(25)23-18/h6,8,12,14-15,17H,4-5,7,9-11,13H2,1-3H3,(H2,21,22,24). The van der Waals surface area contributed by atoms with Crippen LogP contribution in [0.4, 0.5) is 0 Å². The van der Waals surface area contributed by atoms with Gasteiger partial charge in [-0.05, 0) is 44.2 Å². The molecule has 2 aromatic heterocycles. The van der Waals surface area contributed by atoms with E-state index in [1.165, 1.54) is 31.2 Å². The molecule has 1 aliphatic rings. The van der Waals surface area contributed by atoms with E-state index in [9.17, 15) is 0 Å². The van der Waals surface area contributed by atoms with Gasteiger partial charge in [0.2, 0.25) is 0 Å². The van der Waals surface area contributed by atoms with Gasteiger partial charge in [0.05, 0.1) is 5.69 Å². The van der Waals surface area contributed by atoms with E-state index in [-0.39, 0.29) is 0 Å². The van der Waals surface area contributed by atoms with Crippen molar-refractivity contribution in [3.8, 4) is 0 Å². The van der Waals surface area contributed by atoms with Crippen LogP contribution in [0.3, 0.4) is 0 Å². The zero-order chi connectivity index (χ0) is 17.6. The highest BCUT2D eigenvalue weighted by atomic mass is 15.2. The summed E-state index contributed by atoms with van der Waals surface area (Å²) >= 11 is 0. The quantitative estimate of drug-likeness (QED) is 0.648. The average molecular weight is 342 g/mol. The van der Waals surface area contributed by atoms with Gasteiger partial charge >= 0.3 is 0 Å². The van der Waals surface area contributed by atoms with Gasteiger partial charge in [0, 0.05) is 37.9 Å². The molecule has 2 aromatic rings. The first kappa shape index (κ1) is 17.8. The fraction of sp³-hybridized carbons (Fsp3) is 0.600. The van der Waals surface area contributed by atoms with Crippen LogP contribution in [0.15, 0.2) is 29.5 Å². The largest absolute Gasteiger partial charge is 0.357 e. The Balaban J connectivity index is 1.59. The van der Waals surface area contributed by atoms with E-state index in [0.29, 0.717) is 6.04 Å². The summed E-state index contributed by atoms with van der Waals surface area (Å²) in [4.78, 5) is 9.50. The number of pyridine rings is 1. The minimum absolute atomic E-state index is 0.555. The van der Waals surface area contributed by atoms with E-state index in [1.54, 1.807) is 0 Å². The lowest BCUT2D eigenvalue weighted by atomic mass is 9.87. The number of hydrogen-bond acceptors (Lipinski definition) is 2. The zero-order valence-electron chi connectivity index (χ0n) is 15.8. The van der Waals surface area contributed by atoms with Crippen molar-refractivity contribution in [3.05, 3.63) is 35.8 Å². The number of aliphatic imine (C=N–C) groups is 1. The summed E-state index contributed by atoms with van der Waals surface area (Å²) in [6.07, 6.45) is 10.2. The predicted molar refractivity (Wildman–Crippen MR) is 104 cm³/mol. The third kappa shape index (κ3) is 4.74. The second kappa shape index (κ2) is 8.37. The number of aryl methyl sites for hydroxylation is 1. The number of guanidine groups is 1. The monoisotopic (exact) mass is 341 g/mol. The molecule has 2 atom stereocenters. The summed E-state index contributed by atoms with van der Waals surface area (Å²) in [7, 11) is 0. The smallest absolute Gasteiger partial charge is 0.191 e. The molecule has 2 N–H and O–H groups in total. The molecule has 3 rings (SSSR count). The van der Waals surface area contributed by atoms with Crippen molar-refractivity contribution in [1.82, 2.24) is 20.0 Å². The Morgan fingerprint density at radius 3 is 3.04 bits per heavy atom. The van der Waals surface area contributed by atoms with Crippen molar-refractivity contribution in [2.45, 2.75) is 58.9 Å². The van der Waals surface area contributed by atoms with Crippen LogP contribution < -0.4 is 10.6 Å². The van der Waals surface area contributed by atoms with Crippen molar-refractivity contribution in [3.63, 3.8) is 0 Å². The van der Waals surface area contributed by atoms with E-state index in [4.69, 9.17) is 9.98 Å². The summed E-state index contributed by atoms with van der Waals surface area (Å²) < 4.78 is 2.10. The van der Waals surface area contributed by atoms with Crippen LogP contribution in [-0.4, -0.2) is 34.5 Å². The molecule has 1 aliphatic carbocycles. The summed E-state index contributed by atoms with van der Waals surface area (Å²) in [6, 6.07) is 4.71. The van der Waals surface area contributed by atoms with E-state index in [0.717, 1.165) is 42.7 Å². The molecule has 0 radical (unpaired) electrons.